The maximum absolute atomic E-state index is 6.90. The summed E-state index contributed by atoms with van der Waals surface area (Å²) in [6.07, 6.45) is 9.84. The fourth-order valence-electron chi connectivity index (χ4n) is 11.6. The van der Waals surface area contributed by atoms with Gasteiger partial charge in [-0.15, -0.1) is 0 Å². The number of pyridine rings is 1. The van der Waals surface area contributed by atoms with Gasteiger partial charge in [0.1, 0.15) is 17.3 Å². The summed E-state index contributed by atoms with van der Waals surface area (Å²) in [5.41, 5.74) is 22.6. The lowest BCUT2D eigenvalue weighted by molar-refractivity contribution is -0.570. The number of para-hydroxylation sites is 3. The van der Waals surface area contributed by atoms with Crippen molar-refractivity contribution in [2.45, 2.75) is 51.9 Å². The van der Waals surface area contributed by atoms with Gasteiger partial charge in [-0.2, -0.15) is 0 Å². The Morgan fingerprint density at radius 1 is 0.466 bits per heavy atom. The van der Waals surface area contributed by atoms with Crippen molar-refractivity contribution >= 4 is 32.8 Å². The van der Waals surface area contributed by atoms with Gasteiger partial charge in [0.25, 0.3) is 6.33 Å². The molecule has 0 spiro atoms. The summed E-state index contributed by atoms with van der Waals surface area (Å²) < 4.78 is 13.8. The quantitative estimate of drug-likeness (QED) is 0.127. The van der Waals surface area contributed by atoms with Gasteiger partial charge in [0, 0.05) is 23.0 Å². The van der Waals surface area contributed by atoms with E-state index in [0.29, 0.717) is 0 Å². The first kappa shape index (κ1) is 43.0. The molecule has 0 N–H and O–H groups in total. The lowest BCUT2D eigenvalue weighted by Gasteiger charge is -2.21. The Morgan fingerprint density at radius 3 is 1.84 bits per heavy atom. The molecule has 0 fully saturated rings. The monoisotopic (exact) mass is 940 g/mol. The van der Waals surface area contributed by atoms with Crippen molar-refractivity contribution in [1.82, 2.24) is 14.1 Å². The van der Waals surface area contributed by atoms with Crippen LogP contribution in [0.5, 0.6) is 11.5 Å². The third-order valence-electron chi connectivity index (χ3n) is 15.3. The number of hydrogen-bond donors (Lipinski definition) is 0. The fourth-order valence-corrected chi connectivity index (χ4v) is 11.6. The molecule has 4 bridgehead atoms. The summed E-state index contributed by atoms with van der Waals surface area (Å²) in [7, 11) is 0. The SMILES string of the molecule is CC(C)(C)c1ccnc(-n2c3ccccc3c3ccc(Oc4cccc(-n5[c-][n+]6c7c(cccc75)-c5ccccc5-c5ccccc5-c5cccc(-c7cc8ccc7CCc7ccc(cc7)CC8)c5-6)c4)cc32)c1. The van der Waals surface area contributed by atoms with Crippen LogP contribution in [0.1, 0.15) is 48.6 Å². The Hall–Kier alpha value is -8.80. The number of rotatable bonds is 5. The van der Waals surface area contributed by atoms with E-state index < -0.39 is 0 Å². The van der Waals surface area contributed by atoms with Crippen molar-refractivity contribution in [2.75, 3.05) is 0 Å². The zero-order valence-corrected chi connectivity index (χ0v) is 41.2. The van der Waals surface area contributed by atoms with Crippen LogP contribution in [0, 0.1) is 6.33 Å². The fraction of sp³-hybridized carbons (Fsp3) is 0.118. The maximum Gasteiger partial charge on any atom is 0.269 e. The average molecular weight is 941 g/mol. The van der Waals surface area contributed by atoms with E-state index in [-0.39, 0.29) is 5.41 Å². The van der Waals surface area contributed by atoms with Crippen LogP contribution in [-0.4, -0.2) is 14.1 Å². The van der Waals surface area contributed by atoms with Crippen LogP contribution in [-0.2, 0) is 31.1 Å². The molecule has 17 rings (SSSR count). The van der Waals surface area contributed by atoms with Gasteiger partial charge >= 0.3 is 0 Å². The van der Waals surface area contributed by atoms with E-state index in [1.54, 1.807) is 0 Å². The van der Waals surface area contributed by atoms with Crippen molar-refractivity contribution in [3.8, 4) is 73.2 Å². The highest BCUT2D eigenvalue weighted by atomic mass is 16.5. The smallest absolute Gasteiger partial charge is 0.269 e. The van der Waals surface area contributed by atoms with Gasteiger partial charge in [-0.1, -0.05) is 172 Å². The second-order valence-electron chi connectivity index (χ2n) is 20.8. The first-order valence-electron chi connectivity index (χ1n) is 25.6. The Bertz CT molecular complexity index is 4170. The summed E-state index contributed by atoms with van der Waals surface area (Å²) in [6.45, 7) is 6.73. The third-order valence-corrected chi connectivity index (χ3v) is 15.3. The summed E-state index contributed by atoms with van der Waals surface area (Å²) in [5.74, 6) is 2.37. The average Bonchev–Trinajstić information content (AvgIpc) is 3.99. The number of fused-ring (bicyclic) bond motifs is 10. The van der Waals surface area contributed by atoms with Crippen LogP contribution >= 0.6 is 0 Å². The summed E-state index contributed by atoms with van der Waals surface area (Å²) in [4.78, 5) is 4.92. The van der Waals surface area contributed by atoms with Gasteiger partial charge < -0.3 is 4.74 Å². The number of aryl methyl sites for hydroxylation is 4. The normalized spacial score (nSPS) is 12.9. The summed E-state index contributed by atoms with van der Waals surface area (Å²) in [5, 5.41) is 2.33. The van der Waals surface area contributed by atoms with Crippen LogP contribution in [0.3, 0.4) is 0 Å². The molecule has 0 saturated heterocycles. The number of benzene rings is 9. The van der Waals surface area contributed by atoms with E-state index in [9.17, 15) is 0 Å². The van der Waals surface area contributed by atoms with Gasteiger partial charge in [-0.05, 0) is 152 Å². The van der Waals surface area contributed by atoms with E-state index in [1.165, 1.54) is 66.6 Å². The third kappa shape index (κ3) is 7.29. The number of aromatic nitrogens is 4. The number of ether oxygens (including phenoxy) is 1. The van der Waals surface area contributed by atoms with E-state index in [0.717, 1.165) is 93.0 Å². The predicted octanol–water partition coefficient (Wildman–Crippen LogP) is 16.2. The lowest BCUT2D eigenvalue weighted by Crippen LogP contribution is -2.32. The van der Waals surface area contributed by atoms with E-state index >= 15 is 0 Å². The van der Waals surface area contributed by atoms with Crippen molar-refractivity contribution in [2.24, 2.45) is 0 Å². The summed E-state index contributed by atoms with van der Waals surface area (Å²) in [6, 6.07) is 75.7. The standard InChI is InChI=1S/C68H52N4O/c1-68(2,3)48-37-38-69-65(40-48)72-62-23-9-8-19-56(62)57-36-35-51(42-64(57)72)73-50-14-10-13-49(41-50)70-43-71-66-58(54-17-6-4-15-52(54)53-16-5-7-18-55(53)59-22-12-24-63(70)67(59)71)20-11-21-60(66)61-39-46-30-29-44-25-27-45(28-26-44)31-33-47(61)34-32-46/h4-28,32,34-42H,29-31,33H2,1-3H3. The molecule has 4 heterocycles. The van der Waals surface area contributed by atoms with Crippen molar-refractivity contribution in [1.29, 1.82) is 0 Å². The molecule has 73 heavy (non-hydrogen) atoms. The Morgan fingerprint density at radius 2 is 1.05 bits per heavy atom. The highest BCUT2D eigenvalue weighted by molar-refractivity contribution is 6.09. The van der Waals surface area contributed by atoms with Crippen LogP contribution in [0.25, 0.3) is 94.5 Å². The highest BCUT2D eigenvalue weighted by Crippen LogP contribution is 2.46. The van der Waals surface area contributed by atoms with E-state index in [1.807, 2.05) is 12.3 Å². The molecular weight excluding hydrogens is 889 g/mol. The van der Waals surface area contributed by atoms with Crippen LogP contribution in [0.4, 0.5) is 0 Å². The topological polar surface area (TPSA) is 35.9 Å². The van der Waals surface area contributed by atoms with Crippen molar-refractivity contribution in [3.05, 3.63) is 247 Å². The summed E-state index contributed by atoms with van der Waals surface area (Å²) >= 11 is 0. The molecule has 0 saturated carbocycles. The molecule has 5 aliphatic rings. The van der Waals surface area contributed by atoms with Crippen LogP contribution in [0.2, 0.25) is 0 Å². The second kappa shape index (κ2) is 16.9. The molecule has 3 aromatic heterocycles. The molecule has 4 aliphatic carbocycles. The minimum Gasteiger partial charge on any atom is -0.458 e. The molecule has 9 aromatic carbocycles. The van der Waals surface area contributed by atoms with E-state index in [2.05, 4.69) is 241 Å². The highest BCUT2D eigenvalue weighted by Gasteiger charge is 2.27. The minimum absolute atomic E-state index is 0.0235. The zero-order valence-electron chi connectivity index (χ0n) is 41.2. The molecule has 0 unspecified atom stereocenters. The minimum atomic E-state index is -0.0235. The Labute approximate surface area is 425 Å². The lowest BCUT2D eigenvalue weighted by atomic mass is 9.86. The van der Waals surface area contributed by atoms with Gasteiger partial charge in [0.15, 0.2) is 0 Å². The molecular formula is C68H52N4O. The van der Waals surface area contributed by atoms with Gasteiger partial charge in [-0.3, -0.25) is 13.7 Å². The first-order chi connectivity index (χ1) is 35.8. The molecule has 5 nitrogen and oxygen atoms in total. The molecule has 5 heteroatoms. The second-order valence-corrected chi connectivity index (χ2v) is 20.8. The Kier molecular flexibility index (Phi) is 9.97. The number of imidazole rings is 1. The Balaban J connectivity index is 0.949. The first-order valence-corrected chi connectivity index (χ1v) is 25.6. The van der Waals surface area contributed by atoms with E-state index in [4.69, 9.17) is 9.72 Å². The van der Waals surface area contributed by atoms with Crippen molar-refractivity contribution < 1.29 is 9.30 Å². The van der Waals surface area contributed by atoms with Crippen LogP contribution < -0.4 is 9.30 Å². The predicted molar refractivity (Wildman–Crippen MR) is 298 cm³/mol. The molecule has 0 radical (unpaired) electrons. The largest absolute Gasteiger partial charge is 0.458 e. The van der Waals surface area contributed by atoms with Gasteiger partial charge in [-0.25, -0.2) is 4.98 Å². The maximum atomic E-state index is 6.90. The molecule has 1 aliphatic heterocycles. The number of nitrogens with zero attached hydrogens (tertiary/aromatic N) is 4. The molecule has 350 valence electrons. The van der Waals surface area contributed by atoms with Gasteiger partial charge in [0.05, 0.1) is 33.4 Å². The van der Waals surface area contributed by atoms with Crippen molar-refractivity contribution in [3.63, 3.8) is 0 Å². The van der Waals surface area contributed by atoms with Crippen LogP contribution in [0.15, 0.2) is 212 Å². The van der Waals surface area contributed by atoms with Gasteiger partial charge in [0.2, 0.25) is 0 Å². The molecule has 12 aromatic rings. The molecule has 0 amide bonds. The molecule has 0 atom stereocenters. The number of hydrogen-bond acceptors (Lipinski definition) is 2. The zero-order chi connectivity index (χ0) is 48.8.